The number of ether oxygens (including phenoxy) is 3. The van der Waals surface area contributed by atoms with Crippen LogP contribution in [0.15, 0.2) is 60.8 Å². The normalized spacial score (nSPS) is 13.5. The van der Waals surface area contributed by atoms with Gasteiger partial charge in [0.2, 0.25) is 0 Å². The van der Waals surface area contributed by atoms with Crippen LogP contribution in [0.5, 0.6) is 0 Å². The van der Waals surface area contributed by atoms with E-state index in [0.717, 1.165) is 89.9 Å². The van der Waals surface area contributed by atoms with Crippen molar-refractivity contribution in [2.75, 3.05) is 41.0 Å². The molecule has 0 aliphatic carbocycles. The summed E-state index contributed by atoms with van der Waals surface area (Å²) < 4.78 is 17.1. The predicted octanol–water partition coefficient (Wildman–Crippen LogP) is 10.9. The number of nitrogens with zero attached hydrogens (tertiary/aromatic N) is 1. The molecule has 0 aliphatic rings. The number of quaternary nitrogens is 1. The van der Waals surface area contributed by atoms with Gasteiger partial charge < -0.3 is 28.6 Å². The summed E-state index contributed by atoms with van der Waals surface area (Å²) in [4.78, 5) is 36.8. The highest BCUT2D eigenvalue weighted by Crippen LogP contribution is 2.13. The fraction of sp³-hybridized carbons (Fsp3) is 0.729. The average Bonchev–Trinajstić information content (AvgIpc) is 3.15. The van der Waals surface area contributed by atoms with Gasteiger partial charge in [0.15, 0.2) is 6.10 Å². The summed E-state index contributed by atoms with van der Waals surface area (Å²) in [6, 6.07) is -0.734. The molecule has 8 nitrogen and oxygen atoms in total. The van der Waals surface area contributed by atoms with Crippen LogP contribution in [-0.2, 0) is 28.6 Å². The number of hydrogen-bond acceptors (Lipinski definition) is 7. The molecule has 322 valence electrons. The highest BCUT2D eigenvalue weighted by atomic mass is 16.6. The summed E-state index contributed by atoms with van der Waals surface area (Å²) >= 11 is 0. The molecule has 56 heavy (non-hydrogen) atoms. The van der Waals surface area contributed by atoms with Crippen molar-refractivity contribution in [3.63, 3.8) is 0 Å². The predicted molar refractivity (Wildman–Crippen MR) is 231 cm³/mol. The SMILES string of the molecule is CC/C=C/C/C=C/C/C=C/CCCCCCC(=O)OC(COCCC(C(=O)[O-])[N+](C)(C)C)COC(=O)CCCCCCC/C=C/C=C/CCCCCCCCC. The molecule has 0 heterocycles. The summed E-state index contributed by atoms with van der Waals surface area (Å²) in [7, 11) is 5.39. The van der Waals surface area contributed by atoms with E-state index in [4.69, 9.17) is 14.2 Å². The number of allylic oxidation sites excluding steroid dienone is 10. The number of carboxylic acid groups (broad SMARTS) is 1. The molecule has 0 radical (unpaired) electrons. The lowest BCUT2D eigenvalue weighted by Gasteiger charge is -2.34. The molecular formula is C48H83NO7. The molecule has 8 heteroatoms. The van der Waals surface area contributed by atoms with Crippen LogP contribution in [0.3, 0.4) is 0 Å². The van der Waals surface area contributed by atoms with E-state index < -0.39 is 18.1 Å². The van der Waals surface area contributed by atoms with Crippen LogP contribution < -0.4 is 5.11 Å². The Morgan fingerprint density at radius 3 is 1.59 bits per heavy atom. The highest BCUT2D eigenvalue weighted by Gasteiger charge is 2.25. The zero-order chi connectivity index (χ0) is 41.4. The standard InChI is InChI=1S/C48H83NO7/c1-6-8-10-12-14-16-18-20-22-23-24-25-27-28-30-32-34-36-38-46(50)55-43-44(42-54-41-40-45(48(52)53)49(3,4)5)56-47(51)39-37-35-33-31-29-26-21-19-17-15-13-11-9-7-2/h9,11,15,17,21-26,44-45H,6-8,10,12-14,16,18-20,27-43H2,1-5H3/b11-9+,17-15+,23-22+,25-24+,26-21+. The summed E-state index contributed by atoms with van der Waals surface area (Å²) in [6.07, 6.45) is 46.7. The molecule has 2 atom stereocenters. The number of aliphatic carboxylic acids is 1. The van der Waals surface area contributed by atoms with E-state index in [1.807, 2.05) is 0 Å². The van der Waals surface area contributed by atoms with Crippen molar-refractivity contribution < 1.29 is 38.2 Å². The zero-order valence-corrected chi connectivity index (χ0v) is 36.5. The lowest BCUT2D eigenvalue weighted by molar-refractivity contribution is -0.889. The number of likely N-dealkylation sites (N-methyl/N-ethyl adjacent to an activating group) is 1. The largest absolute Gasteiger partial charge is 0.544 e. The molecule has 0 saturated carbocycles. The van der Waals surface area contributed by atoms with Crippen molar-refractivity contribution in [2.45, 2.75) is 187 Å². The molecule has 0 aromatic rings. The van der Waals surface area contributed by atoms with Crippen molar-refractivity contribution in [1.29, 1.82) is 0 Å². The molecule has 0 rings (SSSR count). The van der Waals surface area contributed by atoms with Gasteiger partial charge in [-0.2, -0.15) is 0 Å². The number of hydrogen-bond donors (Lipinski definition) is 0. The van der Waals surface area contributed by atoms with Gasteiger partial charge in [0.1, 0.15) is 12.6 Å². The molecule has 0 saturated heterocycles. The first-order valence-corrected chi connectivity index (χ1v) is 22.3. The van der Waals surface area contributed by atoms with Crippen LogP contribution in [0.1, 0.15) is 174 Å². The van der Waals surface area contributed by atoms with Gasteiger partial charge in [0.25, 0.3) is 0 Å². The van der Waals surface area contributed by atoms with Crippen LogP contribution in [-0.4, -0.2) is 75.5 Å². The minimum absolute atomic E-state index is 0.0241. The van der Waals surface area contributed by atoms with E-state index >= 15 is 0 Å². The molecule has 0 N–H and O–H groups in total. The van der Waals surface area contributed by atoms with Crippen LogP contribution in [0, 0.1) is 0 Å². The number of rotatable bonds is 39. The lowest BCUT2D eigenvalue weighted by atomic mass is 10.1. The topological polar surface area (TPSA) is 102 Å². The molecule has 0 spiro atoms. The second kappa shape index (κ2) is 38.9. The van der Waals surface area contributed by atoms with E-state index in [1.165, 1.54) is 51.4 Å². The number of esters is 2. The molecule has 2 unspecified atom stereocenters. The maximum atomic E-state index is 12.7. The number of unbranched alkanes of at least 4 members (excludes halogenated alkanes) is 16. The first-order chi connectivity index (χ1) is 27.1. The first kappa shape index (κ1) is 53.0. The molecule has 0 amide bonds. The minimum Gasteiger partial charge on any atom is -0.544 e. The van der Waals surface area contributed by atoms with Gasteiger partial charge in [-0.1, -0.05) is 145 Å². The van der Waals surface area contributed by atoms with Crippen LogP contribution >= 0.6 is 0 Å². The Labute approximate surface area is 343 Å². The second-order valence-electron chi connectivity index (χ2n) is 15.9. The van der Waals surface area contributed by atoms with Crippen LogP contribution in [0.2, 0.25) is 0 Å². The number of carboxylic acids is 1. The summed E-state index contributed by atoms with van der Waals surface area (Å²) in [5.41, 5.74) is 0. The van der Waals surface area contributed by atoms with Gasteiger partial charge in [-0.3, -0.25) is 9.59 Å². The average molecular weight is 786 g/mol. The lowest BCUT2D eigenvalue weighted by Crippen LogP contribution is -2.55. The smallest absolute Gasteiger partial charge is 0.306 e. The van der Waals surface area contributed by atoms with Crippen molar-refractivity contribution in [2.24, 2.45) is 0 Å². The van der Waals surface area contributed by atoms with E-state index in [1.54, 1.807) is 21.1 Å². The maximum Gasteiger partial charge on any atom is 0.306 e. The third-order valence-electron chi connectivity index (χ3n) is 9.67. The number of carbonyl (C=O) groups excluding carboxylic acids is 3. The Morgan fingerprint density at radius 1 is 0.571 bits per heavy atom. The summed E-state index contributed by atoms with van der Waals surface area (Å²) in [5, 5.41) is 11.6. The third kappa shape index (κ3) is 36.7. The van der Waals surface area contributed by atoms with Crippen LogP contribution in [0.4, 0.5) is 0 Å². The molecule has 0 fully saturated rings. The van der Waals surface area contributed by atoms with Crippen LogP contribution in [0.25, 0.3) is 0 Å². The number of carbonyl (C=O) groups is 3. The van der Waals surface area contributed by atoms with E-state index in [9.17, 15) is 19.5 Å². The summed E-state index contributed by atoms with van der Waals surface area (Å²) in [6.45, 7) is 4.49. The minimum atomic E-state index is -1.13. The Bertz CT molecular complexity index is 1100. The van der Waals surface area contributed by atoms with E-state index in [-0.39, 0.29) is 49.1 Å². The Hall–Kier alpha value is -2.97. The van der Waals surface area contributed by atoms with Gasteiger partial charge >= 0.3 is 11.9 Å². The highest BCUT2D eigenvalue weighted by molar-refractivity contribution is 5.70. The van der Waals surface area contributed by atoms with Crippen molar-refractivity contribution in [3.8, 4) is 0 Å². The van der Waals surface area contributed by atoms with E-state index in [0.29, 0.717) is 6.42 Å². The molecule has 0 aromatic carbocycles. The van der Waals surface area contributed by atoms with Gasteiger partial charge in [0, 0.05) is 19.3 Å². The first-order valence-electron chi connectivity index (χ1n) is 22.3. The van der Waals surface area contributed by atoms with E-state index in [2.05, 4.69) is 74.6 Å². The third-order valence-corrected chi connectivity index (χ3v) is 9.67. The molecule has 0 aliphatic heterocycles. The Balaban J connectivity index is 4.39. The fourth-order valence-corrected chi connectivity index (χ4v) is 6.19. The molecular weight excluding hydrogens is 703 g/mol. The summed E-state index contributed by atoms with van der Waals surface area (Å²) in [5.74, 6) is -1.79. The quantitative estimate of drug-likeness (QED) is 0.0201. The second-order valence-corrected chi connectivity index (χ2v) is 15.9. The fourth-order valence-electron chi connectivity index (χ4n) is 6.19. The van der Waals surface area contributed by atoms with Gasteiger partial charge in [-0.05, 0) is 70.6 Å². The van der Waals surface area contributed by atoms with Crippen molar-refractivity contribution in [1.82, 2.24) is 0 Å². The monoisotopic (exact) mass is 786 g/mol. The van der Waals surface area contributed by atoms with Gasteiger partial charge in [-0.15, -0.1) is 0 Å². The Morgan fingerprint density at radius 2 is 1.05 bits per heavy atom. The Kier molecular flexibility index (Phi) is 36.8. The van der Waals surface area contributed by atoms with Crippen molar-refractivity contribution >= 4 is 17.9 Å². The zero-order valence-electron chi connectivity index (χ0n) is 36.5. The van der Waals surface area contributed by atoms with Crippen molar-refractivity contribution in [3.05, 3.63) is 60.8 Å². The maximum absolute atomic E-state index is 12.7. The molecule has 0 aromatic heterocycles. The van der Waals surface area contributed by atoms with Gasteiger partial charge in [-0.25, -0.2) is 0 Å². The molecule has 0 bridgehead atoms. The van der Waals surface area contributed by atoms with Gasteiger partial charge in [0.05, 0.1) is 40.3 Å².